The van der Waals surface area contributed by atoms with E-state index in [9.17, 15) is 0 Å². The summed E-state index contributed by atoms with van der Waals surface area (Å²) in [5.41, 5.74) is 0. The van der Waals surface area contributed by atoms with Crippen LogP contribution in [-0.4, -0.2) is 18.8 Å². The molecule has 0 atom stereocenters. The minimum absolute atomic E-state index is 0. The van der Waals surface area contributed by atoms with Gasteiger partial charge in [0.05, 0.1) is 0 Å². The molecule has 0 amide bonds. The average Bonchev–Trinajstić information content (AvgIpc) is 0.811. The van der Waals surface area contributed by atoms with Gasteiger partial charge in [0, 0.05) is 16.8 Å². The Labute approximate surface area is 70.6 Å². The van der Waals surface area contributed by atoms with Crippen molar-refractivity contribution >= 4 is 9.17 Å². The fourth-order valence-corrected chi connectivity index (χ4v) is 0. The Morgan fingerprint density at radius 2 is 1.50 bits per heavy atom. The molecule has 0 spiro atoms. The van der Waals surface area contributed by atoms with Crippen molar-refractivity contribution in [3.8, 4) is 0 Å². The molecule has 0 unspecified atom stereocenters. The Kier molecular flexibility index (Phi) is 24.8. The van der Waals surface area contributed by atoms with Crippen LogP contribution in [0.15, 0.2) is 0 Å². The van der Waals surface area contributed by atoms with Crippen LogP contribution in [0.25, 0.3) is 0 Å². The Hall–Kier alpha value is 1.12. The molecule has 1 radical (unpaired) electrons. The van der Waals surface area contributed by atoms with Crippen molar-refractivity contribution in [3.05, 3.63) is 0 Å². The van der Waals surface area contributed by atoms with Crippen LogP contribution in [0.3, 0.4) is 0 Å². The van der Waals surface area contributed by atoms with E-state index in [-0.39, 0.29) is 47.8 Å². The number of hydrogen-bond donors (Lipinski definition) is 2. The van der Waals surface area contributed by atoms with Crippen LogP contribution in [0.5, 0.6) is 0 Å². The zero-order valence-corrected chi connectivity index (χ0v) is 7.18. The van der Waals surface area contributed by atoms with Crippen LogP contribution in [-0.2, 0) is 21.2 Å². The van der Waals surface area contributed by atoms with Crippen molar-refractivity contribution in [2.24, 2.45) is 0 Å². The van der Waals surface area contributed by atoms with Gasteiger partial charge in [0.1, 0.15) is 0 Å². The predicted molar refractivity (Wildman–Crippen MR) is 12.0 cm³/mol. The first kappa shape index (κ1) is 15.7. The molecule has 0 aromatic heterocycles. The fraction of sp³-hybridized carbons (Fsp3) is 0. The summed E-state index contributed by atoms with van der Waals surface area (Å²) in [7, 11) is -3.13. The summed E-state index contributed by atoms with van der Waals surface area (Å²) in [5.74, 6) is 0. The second-order valence-electron chi connectivity index (χ2n) is 0.283. The third-order valence-electron chi connectivity index (χ3n) is 0. The summed E-state index contributed by atoms with van der Waals surface area (Å²) in [6, 6.07) is 0. The standard InChI is InChI=1S/Co.Na.H2O3Si.H/c;;1-4(2)3;/h;;1-2H;/q;+1;;-1. The number of rotatable bonds is 0. The van der Waals surface area contributed by atoms with Gasteiger partial charge in [-0.25, -0.2) is 0 Å². The molecule has 0 aliphatic heterocycles. The summed E-state index contributed by atoms with van der Waals surface area (Å²) in [6.45, 7) is 0. The summed E-state index contributed by atoms with van der Waals surface area (Å²) < 4.78 is 8.74. The molecule has 0 rings (SSSR count). The smallest absolute Gasteiger partial charge is 1.00 e. The van der Waals surface area contributed by atoms with E-state index in [4.69, 9.17) is 14.1 Å². The molecule has 0 aromatic rings. The molecule has 0 saturated heterocycles. The third-order valence-corrected chi connectivity index (χ3v) is 0. The Balaban J connectivity index is -0.0000000150. The molecule has 35 valence electrons. The fourth-order valence-electron chi connectivity index (χ4n) is 0. The maximum atomic E-state index is 8.74. The first-order chi connectivity index (χ1) is 1.73. The van der Waals surface area contributed by atoms with E-state index in [1.807, 2.05) is 0 Å². The molecule has 2 N–H and O–H groups in total. The quantitative estimate of drug-likeness (QED) is 0.352. The summed E-state index contributed by atoms with van der Waals surface area (Å²) in [6.07, 6.45) is 0. The summed E-state index contributed by atoms with van der Waals surface area (Å²) in [5, 5.41) is 0. The van der Waals surface area contributed by atoms with Gasteiger partial charge < -0.3 is 11.0 Å². The van der Waals surface area contributed by atoms with Crippen LogP contribution in [0, 0.1) is 0 Å². The molecule has 0 saturated carbocycles. The van der Waals surface area contributed by atoms with Crippen molar-refractivity contribution in [1.29, 1.82) is 0 Å². The van der Waals surface area contributed by atoms with Gasteiger partial charge in [-0.3, -0.25) is 4.46 Å². The molecule has 0 bridgehead atoms. The Morgan fingerprint density at radius 1 is 1.50 bits per heavy atom. The van der Waals surface area contributed by atoms with Crippen LogP contribution in [0.4, 0.5) is 0 Å². The molecule has 0 aliphatic carbocycles. The van der Waals surface area contributed by atoms with E-state index in [0.717, 1.165) is 0 Å². The minimum atomic E-state index is -3.13. The molecule has 3 nitrogen and oxygen atoms in total. The Bertz CT molecular complexity index is 37.9. The van der Waals surface area contributed by atoms with Crippen molar-refractivity contribution < 1.29 is 61.8 Å². The van der Waals surface area contributed by atoms with Gasteiger partial charge in [-0.2, -0.15) is 0 Å². The first-order valence-corrected chi connectivity index (χ1v) is 1.95. The van der Waals surface area contributed by atoms with Crippen LogP contribution in [0.2, 0.25) is 0 Å². The van der Waals surface area contributed by atoms with Gasteiger partial charge in [-0.15, -0.1) is 0 Å². The zero-order valence-electron chi connectivity index (χ0n) is 4.14. The van der Waals surface area contributed by atoms with Crippen molar-refractivity contribution in [2.45, 2.75) is 0 Å². The predicted octanol–water partition coefficient (Wildman–Crippen LogP) is -4.50. The molecule has 0 fully saturated rings. The maximum absolute atomic E-state index is 8.74. The van der Waals surface area contributed by atoms with E-state index < -0.39 is 9.17 Å². The maximum Gasteiger partial charge on any atom is 1.00 e. The van der Waals surface area contributed by atoms with Gasteiger partial charge in [-0.1, -0.05) is 0 Å². The van der Waals surface area contributed by atoms with Crippen molar-refractivity contribution in [1.82, 2.24) is 0 Å². The van der Waals surface area contributed by atoms with Crippen molar-refractivity contribution in [3.63, 3.8) is 0 Å². The summed E-state index contributed by atoms with van der Waals surface area (Å²) >= 11 is 0. The summed E-state index contributed by atoms with van der Waals surface area (Å²) in [4.78, 5) is 14.3. The molecule has 0 heterocycles. The van der Waals surface area contributed by atoms with Crippen LogP contribution < -0.4 is 29.6 Å². The van der Waals surface area contributed by atoms with E-state index >= 15 is 0 Å². The molecule has 0 aromatic carbocycles. The van der Waals surface area contributed by atoms with E-state index in [1.165, 1.54) is 0 Å². The van der Waals surface area contributed by atoms with Gasteiger partial charge in [0.25, 0.3) is 0 Å². The van der Waals surface area contributed by atoms with Crippen molar-refractivity contribution in [2.75, 3.05) is 0 Å². The average molecular weight is 161 g/mol. The van der Waals surface area contributed by atoms with Gasteiger partial charge >= 0.3 is 38.7 Å². The molecule has 6 heteroatoms. The zero-order chi connectivity index (χ0) is 3.58. The second-order valence-corrected chi connectivity index (χ2v) is 0.848. The number of hydrogen-bond acceptors (Lipinski definition) is 1. The van der Waals surface area contributed by atoms with E-state index in [1.54, 1.807) is 0 Å². The first-order valence-electron chi connectivity index (χ1n) is 0.651. The SMILES string of the molecule is O=[Si](O)O.[Co].[H-].[Na+]. The van der Waals surface area contributed by atoms with Gasteiger partial charge in [-0.05, 0) is 0 Å². The topological polar surface area (TPSA) is 57.5 Å². The normalized spacial score (nSPS) is 4.00. The monoisotopic (exact) mass is 161 g/mol. The molecule has 6 heavy (non-hydrogen) atoms. The van der Waals surface area contributed by atoms with Crippen LogP contribution in [0.1, 0.15) is 1.43 Å². The molecule has 0 aliphatic rings. The van der Waals surface area contributed by atoms with Gasteiger partial charge in [0.15, 0.2) is 0 Å². The second kappa shape index (κ2) is 9.45. The van der Waals surface area contributed by atoms with E-state index in [0.29, 0.717) is 0 Å². The van der Waals surface area contributed by atoms with Crippen LogP contribution >= 0.6 is 0 Å². The largest absolute Gasteiger partial charge is 1.00 e. The molecular weight excluding hydrogens is 158 g/mol. The Morgan fingerprint density at radius 3 is 1.50 bits per heavy atom. The minimum Gasteiger partial charge on any atom is -1.00 e. The third kappa shape index (κ3) is 69.0. The molecular formula is H3CoNaO3Si. The van der Waals surface area contributed by atoms with E-state index in [2.05, 4.69) is 0 Å². The van der Waals surface area contributed by atoms with Gasteiger partial charge in [0.2, 0.25) is 0 Å².